The molecule has 4 N–H and O–H groups in total. The standard InChI is InChI=1S/C27H29N7O.C25H23N5O2.C17H16N4.C8H8ClNO2.C8H9NO3.C8H9NO2/c28-13-7-17-32-27(35)21-11-12-23(33-18-21)20-34(19-22-8-1-4-14-29-22)26(24-9-2-5-15-30-24)25-10-3-6-16-31-25;1-32-25(31)19-11-12-21(29-16-19)18-30(17-20-8-2-5-13-26-20)24(22-9-3-6-14-27-22)23-10-4-7-15-28-23;1-4-10-18-14(7-1)13-21-17(15-8-2-5-11-19-15)16-9-3-6-12-20-16;1-12-8(11)6-2-3-7(4-9)10-5-6;1-6-3-4-7(5-9(6)11)8(10)12-2;1-6-3-4-7(5-9-6)8(10)11-2/h1-6,8-12,14-16,18,26H,7,13,17,19-20,28H2,(H,32,35);2-16,24H,17-18H2,1H3;1-12,17,21H,13H2;2-3,5H,4H2,1H3;3-5H,1-2H3;3-5H,1-2H3. The Kier molecular flexibility index (Phi) is 38.2. The number of hydrogen-bond acceptors (Lipinski definition) is 27. The lowest BCUT2D eigenvalue weighted by atomic mass is 10.1. The van der Waals surface area contributed by atoms with Crippen molar-refractivity contribution in [1.29, 1.82) is 0 Å². The number of nitrogens with zero attached hydrogens (tertiary/aromatic N) is 16. The van der Waals surface area contributed by atoms with Gasteiger partial charge in [0, 0.05) is 139 Å². The quantitative estimate of drug-likeness (QED) is 0.0102. The Morgan fingerprint density at radius 2 is 0.707 bits per heavy atom. The van der Waals surface area contributed by atoms with Crippen molar-refractivity contribution >= 4 is 41.4 Å². The van der Waals surface area contributed by atoms with Crippen molar-refractivity contribution in [3.8, 4) is 0 Å². The van der Waals surface area contributed by atoms with Gasteiger partial charge in [-0.15, -0.1) is 11.6 Å². The van der Waals surface area contributed by atoms with E-state index in [1.165, 1.54) is 53.2 Å². The number of rotatable bonds is 28. The molecule has 14 rings (SSSR count). The molecule has 628 valence electrons. The number of nitrogens with one attached hydrogen (secondary N) is 2. The van der Waals surface area contributed by atoms with E-state index in [-0.39, 0.29) is 41.5 Å². The average Bonchev–Trinajstić information content (AvgIpc) is 0.807. The molecule has 0 aromatic carbocycles. The van der Waals surface area contributed by atoms with Crippen LogP contribution in [-0.2, 0) is 57.6 Å². The van der Waals surface area contributed by atoms with Crippen molar-refractivity contribution in [2.75, 3.05) is 41.5 Å². The molecule has 14 heterocycles. The van der Waals surface area contributed by atoms with Gasteiger partial charge in [-0.3, -0.25) is 84.7 Å². The zero-order chi connectivity index (χ0) is 87.2. The number of carbonyl (C=O) groups excluding carboxylic acids is 5. The Hall–Kier alpha value is -14.6. The molecule has 14 aromatic rings. The van der Waals surface area contributed by atoms with Crippen LogP contribution >= 0.6 is 11.6 Å². The third kappa shape index (κ3) is 30.3. The molecule has 0 aliphatic heterocycles. The number of ether oxygens (including phenoxy) is 4. The SMILES string of the molecule is COC(=O)c1ccc(C)[n+]([O-])c1.COC(=O)c1ccc(C)nc1.COC(=O)c1ccc(CCl)nc1.COC(=O)c1ccc(CN(Cc2ccccn2)C(c2ccccn2)c2ccccn2)nc1.NCCCNC(=O)c1ccc(CN(Cc2ccccn2)C(c2ccccn2)c2ccccn2)nc1.c1ccc(CNC(c2ccccn2)c2ccccn2)nc1. The second-order valence-electron chi connectivity index (χ2n) is 26.6. The van der Waals surface area contributed by atoms with Gasteiger partial charge in [-0.25, -0.2) is 19.2 Å². The van der Waals surface area contributed by atoms with Crippen LogP contribution in [0, 0.1) is 19.1 Å². The fourth-order valence-corrected chi connectivity index (χ4v) is 11.9. The van der Waals surface area contributed by atoms with Crippen LogP contribution in [0.4, 0.5) is 0 Å². The first-order valence-corrected chi connectivity index (χ1v) is 39.3. The summed E-state index contributed by atoms with van der Waals surface area (Å²) in [5, 5.41) is 17.3. The molecular weight excluding hydrogens is 1580 g/mol. The van der Waals surface area contributed by atoms with Crippen LogP contribution < -0.4 is 21.1 Å². The average molecular weight is 1670 g/mol. The maximum Gasteiger partial charge on any atom is 0.344 e. The van der Waals surface area contributed by atoms with E-state index in [2.05, 4.69) is 99.4 Å². The fraction of sp³-hybridized carbons (Fsp3) is 0.194. The normalized spacial score (nSPS) is 10.5. The monoisotopic (exact) mass is 1670 g/mol. The molecule has 0 fully saturated rings. The summed E-state index contributed by atoms with van der Waals surface area (Å²) in [6.07, 6.45) is 24.2. The maximum absolute atomic E-state index is 12.3. The van der Waals surface area contributed by atoms with Crippen LogP contribution in [0.3, 0.4) is 0 Å². The molecule has 0 saturated carbocycles. The number of aryl methyl sites for hydroxylation is 2. The number of hydrogen-bond donors (Lipinski definition) is 3. The van der Waals surface area contributed by atoms with Gasteiger partial charge >= 0.3 is 23.9 Å². The smallest absolute Gasteiger partial charge is 0.344 e. The van der Waals surface area contributed by atoms with Crippen LogP contribution in [0.1, 0.15) is 156 Å². The molecule has 0 atom stereocenters. The van der Waals surface area contributed by atoms with E-state index in [4.69, 9.17) is 22.1 Å². The summed E-state index contributed by atoms with van der Waals surface area (Å²) in [6.45, 7) is 7.44. The third-order valence-electron chi connectivity index (χ3n) is 17.9. The van der Waals surface area contributed by atoms with Crippen LogP contribution in [-0.4, -0.2) is 146 Å². The van der Waals surface area contributed by atoms with Crippen LogP contribution in [0.2, 0.25) is 0 Å². The lowest BCUT2D eigenvalue weighted by molar-refractivity contribution is -0.612. The molecule has 0 aliphatic rings. The van der Waals surface area contributed by atoms with Crippen LogP contribution in [0.25, 0.3) is 0 Å². The predicted octanol–water partition coefficient (Wildman–Crippen LogP) is 12.9. The van der Waals surface area contributed by atoms with Crippen molar-refractivity contribution in [3.05, 3.63) is 424 Å². The highest BCUT2D eigenvalue weighted by Crippen LogP contribution is 2.31. The molecule has 14 aromatic heterocycles. The van der Waals surface area contributed by atoms with Gasteiger partial charge in [-0.1, -0.05) is 54.6 Å². The molecule has 0 unspecified atom stereocenters. The summed E-state index contributed by atoms with van der Waals surface area (Å²) < 4.78 is 18.8. The van der Waals surface area contributed by atoms with Gasteiger partial charge < -0.3 is 35.2 Å². The Balaban J connectivity index is 0.000000178. The van der Waals surface area contributed by atoms with Crippen molar-refractivity contribution in [3.63, 3.8) is 0 Å². The molecule has 0 bridgehead atoms. The molecule has 1 amide bonds. The lowest BCUT2D eigenvalue weighted by Crippen LogP contribution is -2.31. The lowest BCUT2D eigenvalue weighted by Gasteiger charge is -2.30. The molecule has 0 spiro atoms. The van der Waals surface area contributed by atoms with Gasteiger partial charge in [0.15, 0.2) is 11.9 Å². The molecular formula is C93H94ClN19O10. The Bertz CT molecular complexity index is 5310. The highest BCUT2D eigenvalue weighted by atomic mass is 35.5. The number of pyridine rings is 14. The number of alkyl halides is 1. The maximum atomic E-state index is 12.3. The minimum absolute atomic E-state index is 0.0468. The summed E-state index contributed by atoms with van der Waals surface area (Å²) in [5.41, 5.74) is 19.7. The second-order valence-corrected chi connectivity index (χ2v) is 26.9. The number of methoxy groups -OCH3 is 4. The summed E-state index contributed by atoms with van der Waals surface area (Å²) in [5.74, 6) is -1.45. The van der Waals surface area contributed by atoms with Gasteiger partial charge in [0.05, 0.1) is 143 Å². The Labute approximate surface area is 718 Å². The predicted molar refractivity (Wildman–Crippen MR) is 462 cm³/mol. The number of amides is 1. The first-order chi connectivity index (χ1) is 60.1. The number of carbonyl (C=O) groups is 5. The van der Waals surface area contributed by atoms with E-state index in [1.54, 1.807) is 117 Å². The summed E-state index contributed by atoms with van der Waals surface area (Å²) in [7, 11) is 5.31. The van der Waals surface area contributed by atoms with Gasteiger partial charge in [0.25, 0.3) is 5.91 Å². The van der Waals surface area contributed by atoms with Crippen molar-refractivity contribution < 1.29 is 47.7 Å². The van der Waals surface area contributed by atoms with E-state index in [0.29, 0.717) is 84.4 Å². The summed E-state index contributed by atoms with van der Waals surface area (Å²) in [4.78, 5) is 119. The largest absolute Gasteiger partial charge is 0.618 e. The zero-order valence-corrected chi connectivity index (χ0v) is 69.5. The van der Waals surface area contributed by atoms with Gasteiger partial charge in [-0.05, 0) is 184 Å². The molecule has 0 aliphatic carbocycles. The van der Waals surface area contributed by atoms with E-state index < -0.39 is 11.9 Å². The number of esters is 4. The molecule has 0 saturated heterocycles. The highest BCUT2D eigenvalue weighted by molar-refractivity contribution is 6.16. The van der Waals surface area contributed by atoms with Crippen LogP contribution in [0.5, 0.6) is 0 Å². The minimum Gasteiger partial charge on any atom is -0.618 e. The first-order valence-electron chi connectivity index (χ1n) is 38.8. The summed E-state index contributed by atoms with van der Waals surface area (Å²) >= 11 is 5.51. The number of nitrogens with two attached hydrogens (primary N) is 1. The topological polar surface area (TPSA) is 373 Å². The summed E-state index contributed by atoms with van der Waals surface area (Å²) in [6, 6.07) is 69.7. The first kappa shape index (κ1) is 92.3. The van der Waals surface area contributed by atoms with Gasteiger partial charge in [0.1, 0.15) is 5.56 Å². The Morgan fingerprint density at radius 3 is 1.02 bits per heavy atom. The van der Waals surface area contributed by atoms with Crippen molar-refractivity contribution in [1.82, 2.24) is 85.2 Å². The molecule has 123 heavy (non-hydrogen) atoms. The molecule has 30 heteroatoms. The minimum atomic E-state index is -0.500. The van der Waals surface area contributed by atoms with E-state index >= 15 is 0 Å². The number of halogens is 1. The van der Waals surface area contributed by atoms with E-state index in [0.717, 1.165) is 80.4 Å². The van der Waals surface area contributed by atoms with E-state index in [1.807, 2.05) is 183 Å². The fourth-order valence-electron chi connectivity index (χ4n) is 11.7. The highest BCUT2D eigenvalue weighted by Gasteiger charge is 2.29. The van der Waals surface area contributed by atoms with Crippen molar-refractivity contribution in [2.45, 2.75) is 77.0 Å². The van der Waals surface area contributed by atoms with Gasteiger partial charge in [-0.2, -0.15) is 4.73 Å². The van der Waals surface area contributed by atoms with E-state index in [9.17, 15) is 29.2 Å². The number of aromatic nitrogens is 14. The van der Waals surface area contributed by atoms with Crippen molar-refractivity contribution in [2.24, 2.45) is 5.73 Å². The third-order valence-corrected chi connectivity index (χ3v) is 18.2. The van der Waals surface area contributed by atoms with Gasteiger partial charge in [0.2, 0.25) is 0 Å². The van der Waals surface area contributed by atoms with Crippen LogP contribution in [0.15, 0.2) is 311 Å². The zero-order valence-electron chi connectivity index (χ0n) is 68.7. The Morgan fingerprint density at radius 1 is 0.382 bits per heavy atom. The molecule has 29 nitrogen and oxygen atoms in total. The second kappa shape index (κ2) is 51.0. The molecule has 0 radical (unpaired) electrons.